The predicted octanol–water partition coefficient (Wildman–Crippen LogP) is 4.35. The Kier molecular flexibility index (Phi) is 6.76. The first-order chi connectivity index (χ1) is 13.9. The van der Waals surface area contributed by atoms with Crippen LogP contribution in [0.2, 0.25) is 5.02 Å². The molecule has 0 atom stereocenters. The molecule has 1 aromatic heterocycles. The number of fused-ring (bicyclic) bond motifs is 1. The summed E-state index contributed by atoms with van der Waals surface area (Å²) >= 11 is 7.15. The largest absolute Gasteiger partial charge is 0.462 e. The molecule has 3 rings (SSSR count). The maximum Gasteiger partial charge on any atom is 0.410 e. The van der Waals surface area contributed by atoms with Crippen molar-refractivity contribution in [1.29, 1.82) is 0 Å². The highest BCUT2D eigenvalue weighted by atomic mass is 35.5. The summed E-state index contributed by atoms with van der Waals surface area (Å²) in [5.74, 6) is -0.839. The van der Waals surface area contributed by atoms with Gasteiger partial charge in [-0.25, -0.2) is 9.59 Å². The van der Waals surface area contributed by atoms with Crippen molar-refractivity contribution in [2.75, 3.05) is 25.1 Å². The number of esters is 1. The van der Waals surface area contributed by atoms with Crippen LogP contribution < -0.4 is 5.32 Å². The summed E-state index contributed by atoms with van der Waals surface area (Å²) in [5.41, 5.74) is 1.59. The van der Waals surface area contributed by atoms with Gasteiger partial charge in [0.25, 0.3) is 5.91 Å². The fraction of sp³-hybridized carbons (Fsp3) is 0.350. The Bertz CT molecular complexity index is 926. The molecular formula is C20H21ClN2O5S. The number of benzene rings is 1. The fourth-order valence-corrected chi connectivity index (χ4v) is 4.43. The van der Waals surface area contributed by atoms with Crippen molar-refractivity contribution in [1.82, 2.24) is 4.90 Å². The van der Waals surface area contributed by atoms with Crippen LogP contribution in [0.25, 0.3) is 0 Å². The molecule has 154 valence electrons. The average Bonchev–Trinajstić information content (AvgIpc) is 3.05. The molecule has 2 aromatic rings. The van der Waals surface area contributed by atoms with Gasteiger partial charge < -0.3 is 19.7 Å². The van der Waals surface area contributed by atoms with Crippen LogP contribution in [-0.2, 0) is 22.4 Å². The Morgan fingerprint density at radius 3 is 2.48 bits per heavy atom. The predicted molar refractivity (Wildman–Crippen MR) is 111 cm³/mol. The third-order valence-corrected chi connectivity index (χ3v) is 5.78. The quantitative estimate of drug-likeness (QED) is 0.704. The van der Waals surface area contributed by atoms with E-state index in [2.05, 4.69) is 5.32 Å². The number of rotatable bonds is 5. The lowest BCUT2D eigenvalue weighted by Gasteiger charge is -2.26. The van der Waals surface area contributed by atoms with Gasteiger partial charge in [-0.05, 0) is 50.1 Å². The highest BCUT2D eigenvalue weighted by Crippen LogP contribution is 2.38. The summed E-state index contributed by atoms with van der Waals surface area (Å²) < 4.78 is 10.3. The van der Waals surface area contributed by atoms with E-state index >= 15 is 0 Å². The van der Waals surface area contributed by atoms with E-state index < -0.39 is 12.1 Å². The zero-order valence-electron chi connectivity index (χ0n) is 16.1. The first-order valence-electron chi connectivity index (χ1n) is 9.24. The van der Waals surface area contributed by atoms with Gasteiger partial charge in [0.15, 0.2) is 0 Å². The van der Waals surface area contributed by atoms with Crippen molar-refractivity contribution >= 4 is 45.9 Å². The lowest BCUT2D eigenvalue weighted by atomic mass is 10.0. The molecule has 0 unspecified atom stereocenters. The summed E-state index contributed by atoms with van der Waals surface area (Å²) in [6, 6.07) is 6.47. The SMILES string of the molecule is CCOC(=O)c1c(NC(=O)c2ccc(Cl)cc2)sc2c1CCN(C(=O)OCC)C2. The zero-order valence-corrected chi connectivity index (χ0v) is 17.7. The molecule has 29 heavy (non-hydrogen) atoms. The fourth-order valence-electron chi connectivity index (χ4n) is 3.06. The van der Waals surface area contributed by atoms with Crippen molar-refractivity contribution in [2.45, 2.75) is 26.8 Å². The first-order valence-corrected chi connectivity index (χ1v) is 10.4. The Balaban J connectivity index is 1.90. The Morgan fingerprint density at radius 2 is 1.83 bits per heavy atom. The van der Waals surface area contributed by atoms with Gasteiger partial charge >= 0.3 is 12.1 Å². The summed E-state index contributed by atoms with van der Waals surface area (Å²) in [6.07, 6.45) is 0.0891. The van der Waals surface area contributed by atoms with Crippen molar-refractivity contribution in [3.63, 3.8) is 0 Å². The minimum atomic E-state index is -0.485. The van der Waals surface area contributed by atoms with Crippen LogP contribution in [0, 0.1) is 0 Å². The molecule has 2 heterocycles. The van der Waals surface area contributed by atoms with E-state index in [4.69, 9.17) is 21.1 Å². The third-order valence-electron chi connectivity index (χ3n) is 4.40. The lowest BCUT2D eigenvalue weighted by Crippen LogP contribution is -2.36. The molecule has 0 bridgehead atoms. The van der Waals surface area contributed by atoms with Crippen LogP contribution in [0.3, 0.4) is 0 Å². The minimum absolute atomic E-state index is 0.225. The summed E-state index contributed by atoms with van der Waals surface area (Å²) in [5, 5.41) is 3.76. The second kappa shape index (κ2) is 9.28. The smallest absolute Gasteiger partial charge is 0.410 e. The molecule has 2 amide bonds. The van der Waals surface area contributed by atoms with Crippen LogP contribution in [0.5, 0.6) is 0 Å². The highest BCUT2D eigenvalue weighted by molar-refractivity contribution is 7.17. The summed E-state index contributed by atoms with van der Waals surface area (Å²) in [6.45, 7) is 4.75. The molecule has 0 spiro atoms. The first kappa shape index (κ1) is 21.1. The second-order valence-electron chi connectivity index (χ2n) is 6.26. The number of amides is 2. The van der Waals surface area contributed by atoms with Gasteiger partial charge in [0.1, 0.15) is 5.00 Å². The Hall–Kier alpha value is -2.58. The van der Waals surface area contributed by atoms with Gasteiger partial charge in [-0.15, -0.1) is 11.3 Å². The van der Waals surface area contributed by atoms with Gasteiger partial charge in [-0.2, -0.15) is 0 Å². The van der Waals surface area contributed by atoms with Gasteiger partial charge in [0, 0.05) is 22.0 Å². The van der Waals surface area contributed by atoms with Crippen molar-refractivity contribution in [3.05, 3.63) is 50.9 Å². The average molecular weight is 437 g/mol. The Labute approximate surface area is 177 Å². The maximum atomic E-state index is 12.6. The molecule has 0 saturated carbocycles. The van der Waals surface area contributed by atoms with E-state index in [1.165, 1.54) is 11.3 Å². The molecule has 1 aliphatic heterocycles. The number of nitrogens with one attached hydrogen (secondary N) is 1. The molecule has 9 heteroatoms. The monoisotopic (exact) mass is 436 g/mol. The number of thiophene rings is 1. The van der Waals surface area contributed by atoms with Gasteiger partial charge in [0.2, 0.25) is 0 Å². The summed E-state index contributed by atoms with van der Waals surface area (Å²) in [7, 11) is 0. The van der Waals surface area contributed by atoms with E-state index in [0.717, 1.165) is 10.4 Å². The number of hydrogen-bond donors (Lipinski definition) is 1. The van der Waals surface area contributed by atoms with E-state index in [1.807, 2.05) is 0 Å². The number of carbonyl (C=O) groups excluding carboxylic acids is 3. The molecule has 0 saturated heterocycles. The molecule has 1 aromatic carbocycles. The lowest BCUT2D eigenvalue weighted by molar-refractivity contribution is 0.0526. The topological polar surface area (TPSA) is 84.9 Å². The maximum absolute atomic E-state index is 12.6. The Morgan fingerprint density at radius 1 is 1.14 bits per heavy atom. The molecule has 1 aliphatic rings. The number of nitrogens with zero attached hydrogens (tertiary/aromatic N) is 1. The number of hydrogen-bond acceptors (Lipinski definition) is 6. The summed E-state index contributed by atoms with van der Waals surface area (Å²) in [4.78, 5) is 39.7. The molecule has 0 radical (unpaired) electrons. The highest BCUT2D eigenvalue weighted by Gasteiger charge is 2.31. The van der Waals surface area contributed by atoms with Crippen molar-refractivity contribution in [2.24, 2.45) is 0 Å². The van der Waals surface area contributed by atoms with Gasteiger partial charge in [0.05, 0.1) is 25.3 Å². The van der Waals surface area contributed by atoms with E-state index in [1.54, 1.807) is 43.0 Å². The zero-order chi connectivity index (χ0) is 21.0. The molecule has 7 nitrogen and oxygen atoms in total. The number of halogens is 1. The number of anilines is 1. The normalized spacial score (nSPS) is 12.9. The second-order valence-corrected chi connectivity index (χ2v) is 7.80. The van der Waals surface area contributed by atoms with Crippen LogP contribution in [-0.4, -0.2) is 42.6 Å². The van der Waals surface area contributed by atoms with Crippen LogP contribution >= 0.6 is 22.9 Å². The molecule has 0 fully saturated rings. The van der Waals surface area contributed by atoms with Crippen LogP contribution in [0.4, 0.5) is 9.80 Å². The molecular weight excluding hydrogens is 416 g/mol. The minimum Gasteiger partial charge on any atom is -0.462 e. The van der Waals surface area contributed by atoms with E-state index in [0.29, 0.717) is 47.3 Å². The van der Waals surface area contributed by atoms with E-state index in [-0.39, 0.29) is 12.5 Å². The van der Waals surface area contributed by atoms with Crippen LogP contribution in [0.15, 0.2) is 24.3 Å². The number of carbonyl (C=O) groups is 3. The molecule has 1 N–H and O–H groups in total. The third kappa shape index (κ3) is 4.71. The van der Waals surface area contributed by atoms with E-state index in [9.17, 15) is 14.4 Å². The van der Waals surface area contributed by atoms with Crippen molar-refractivity contribution < 1.29 is 23.9 Å². The molecule has 0 aliphatic carbocycles. The van der Waals surface area contributed by atoms with Gasteiger partial charge in [-0.3, -0.25) is 4.79 Å². The van der Waals surface area contributed by atoms with Crippen molar-refractivity contribution in [3.8, 4) is 0 Å². The van der Waals surface area contributed by atoms with Crippen LogP contribution in [0.1, 0.15) is 45.0 Å². The van der Waals surface area contributed by atoms with Gasteiger partial charge in [-0.1, -0.05) is 11.6 Å². The number of ether oxygens (including phenoxy) is 2. The standard InChI is InChI=1S/C20H21ClN2O5S/c1-3-27-19(25)16-14-9-10-23(20(26)28-4-2)11-15(14)29-18(16)22-17(24)12-5-7-13(21)8-6-12/h5-8H,3-4,9-11H2,1-2H3,(H,22,24).